The fourth-order valence-corrected chi connectivity index (χ4v) is 3.07. The summed E-state index contributed by atoms with van der Waals surface area (Å²) in [5.74, 6) is 2.69. The molecule has 2 atom stereocenters. The van der Waals surface area contributed by atoms with Gasteiger partial charge in [-0.15, -0.1) is 10.2 Å². The van der Waals surface area contributed by atoms with E-state index in [1.807, 2.05) is 19.9 Å². The van der Waals surface area contributed by atoms with Crippen LogP contribution in [0.4, 0.5) is 5.82 Å². The Balaban J connectivity index is 1.59. The lowest BCUT2D eigenvalue weighted by molar-refractivity contribution is 0.416. The van der Waals surface area contributed by atoms with Crippen molar-refractivity contribution in [2.24, 2.45) is 5.92 Å². The zero-order valence-corrected chi connectivity index (χ0v) is 12.8. The van der Waals surface area contributed by atoms with E-state index in [0.717, 1.165) is 43.1 Å². The van der Waals surface area contributed by atoms with E-state index < -0.39 is 0 Å². The molecular formula is C16H19N5O. The number of nitriles is 1. The molecule has 0 spiro atoms. The van der Waals surface area contributed by atoms with E-state index >= 15 is 0 Å². The molecule has 1 N–H and O–H groups in total. The molecule has 0 bridgehead atoms. The maximum atomic E-state index is 9.03. The van der Waals surface area contributed by atoms with Crippen LogP contribution >= 0.6 is 0 Å². The summed E-state index contributed by atoms with van der Waals surface area (Å²) in [4.78, 5) is 4.45. The van der Waals surface area contributed by atoms with Crippen molar-refractivity contribution in [2.45, 2.75) is 45.6 Å². The fraction of sp³-hybridized carbons (Fsp3) is 0.500. The van der Waals surface area contributed by atoms with E-state index in [-0.39, 0.29) is 0 Å². The van der Waals surface area contributed by atoms with Gasteiger partial charge in [-0.1, -0.05) is 0 Å². The van der Waals surface area contributed by atoms with Crippen LogP contribution < -0.4 is 5.32 Å². The first kappa shape index (κ1) is 14.5. The van der Waals surface area contributed by atoms with Gasteiger partial charge in [0.25, 0.3) is 0 Å². The second-order valence-corrected chi connectivity index (χ2v) is 5.93. The van der Waals surface area contributed by atoms with Gasteiger partial charge in [-0.05, 0) is 44.2 Å². The van der Waals surface area contributed by atoms with Crippen LogP contribution in [-0.2, 0) is 6.42 Å². The Kier molecular flexibility index (Phi) is 4.05. The Morgan fingerprint density at radius 2 is 2.18 bits per heavy atom. The van der Waals surface area contributed by atoms with Gasteiger partial charge in [0.2, 0.25) is 11.8 Å². The molecule has 6 nitrogen and oxygen atoms in total. The number of nitrogens with zero attached hydrogens (tertiary/aromatic N) is 4. The van der Waals surface area contributed by atoms with Crippen LogP contribution in [-0.4, -0.2) is 21.2 Å². The Morgan fingerprint density at radius 1 is 1.32 bits per heavy atom. The summed E-state index contributed by atoms with van der Waals surface area (Å²) in [6.45, 7) is 3.72. The molecule has 2 aromatic heterocycles. The van der Waals surface area contributed by atoms with Gasteiger partial charge in [0.1, 0.15) is 5.82 Å². The Morgan fingerprint density at radius 3 is 2.91 bits per heavy atom. The minimum atomic E-state index is 0.384. The summed E-state index contributed by atoms with van der Waals surface area (Å²) in [6.07, 6.45) is 4.12. The number of pyridine rings is 1. The molecule has 0 unspecified atom stereocenters. The molecule has 0 aliphatic heterocycles. The van der Waals surface area contributed by atoms with Crippen LogP contribution in [0, 0.1) is 31.1 Å². The molecule has 0 saturated heterocycles. The van der Waals surface area contributed by atoms with Crippen LogP contribution in [0.1, 0.15) is 42.3 Å². The Hall–Kier alpha value is -2.42. The van der Waals surface area contributed by atoms with Gasteiger partial charge in [0, 0.05) is 25.1 Å². The van der Waals surface area contributed by atoms with Crippen LogP contribution in [0.5, 0.6) is 0 Å². The number of nitrogens with one attached hydrogen (secondary N) is 1. The van der Waals surface area contributed by atoms with Gasteiger partial charge in [-0.2, -0.15) is 5.26 Å². The standard InChI is InChI=1S/C16H19N5O/c1-10-5-13(9-17)7-15(18-10)19-14-4-3-12(6-14)8-16-21-20-11(2)22-16/h5,7,12,14H,3-4,6,8H2,1-2H3,(H,18,19)/t12-,14+/m1/s1. The van der Waals surface area contributed by atoms with E-state index in [2.05, 4.69) is 26.6 Å². The molecule has 1 aliphatic carbocycles. The molecule has 1 aliphatic rings. The average molecular weight is 297 g/mol. The molecule has 0 aromatic carbocycles. The predicted octanol–water partition coefficient (Wildman–Crippen LogP) is 2.78. The lowest BCUT2D eigenvalue weighted by atomic mass is 10.0. The average Bonchev–Trinajstić information content (AvgIpc) is 3.08. The Bertz CT molecular complexity index is 703. The van der Waals surface area contributed by atoms with Crippen LogP contribution in [0.15, 0.2) is 16.5 Å². The highest BCUT2D eigenvalue weighted by Gasteiger charge is 2.26. The third-order valence-electron chi connectivity index (χ3n) is 4.01. The van der Waals surface area contributed by atoms with E-state index in [1.165, 1.54) is 0 Å². The third kappa shape index (κ3) is 3.42. The molecule has 2 heterocycles. The SMILES string of the molecule is Cc1cc(C#N)cc(N[C@H]2CC[C@@H](Cc3nnc(C)o3)C2)n1. The monoisotopic (exact) mass is 297 g/mol. The van der Waals surface area contributed by atoms with Crippen molar-refractivity contribution in [3.05, 3.63) is 35.2 Å². The maximum absolute atomic E-state index is 9.03. The molecule has 1 fully saturated rings. The van der Waals surface area contributed by atoms with Crippen molar-refractivity contribution in [1.82, 2.24) is 15.2 Å². The molecule has 0 amide bonds. The van der Waals surface area contributed by atoms with Gasteiger partial charge in [-0.25, -0.2) is 4.98 Å². The summed E-state index contributed by atoms with van der Waals surface area (Å²) in [6, 6.07) is 6.15. The van der Waals surface area contributed by atoms with Gasteiger partial charge in [-0.3, -0.25) is 0 Å². The Labute approximate surface area is 129 Å². The van der Waals surface area contributed by atoms with Crippen molar-refractivity contribution in [3.63, 3.8) is 0 Å². The first-order valence-electron chi connectivity index (χ1n) is 7.56. The van der Waals surface area contributed by atoms with Crippen molar-refractivity contribution in [3.8, 4) is 6.07 Å². The highest BCUT2D eigenvalue weighted by molar-refractivity contribution is 5.45. The van der Waals surface area contributed by atoms with Crippen molar-refractivity contribution >= 4 is 5.82 Å². The summed E-state index contributed by atoms with van der Waals surface area (Å²) in [7, 11) is 0. The summed E-state index contributed by atoms with van der Waals surface area (Å²) in [5.41, 5.74) is 1.50. The summed E-state index contributed by atoms with van der Waals surface area (Å²) < 4.78 is 5.45. The number of rotatable bonds is 4. The molecule has 2 aromatic rings. The van der Waals surface area contributed by atoms with Gasteiger partial charge in [0.15, 0.2) is 0 Å². The summed E-state index contributed by atoms with van der Waals surface area (Å²) in [5, 5.41) is 20.4. The quantitative estimate of drug-likeness (QED) is 0.933. The van der Waals surface area contributed by atoms with Crippen molar-refractivity contribution in [2.75, 3.05) is 5.32 Å². The fourth-order valence-electron chi connectivity index (χ4n) is 3.07. The smallest absolute Gasteiger partial charge is 0.216 e. The number of aryl methyl sites for hydroxylation is 2. The highest BCUT2D eigenvalue weighted by atomic mass is 16.4. The zero-order chi connectivity index (χ0) is 15.5. The van der Waals surface area contributed by atoms with E-state index in [9.17, 15) is 0 Å². The highest BCUT2D eigenvalue weighted by Crippen LogP contribution is 2.30. The van der Waals surface area contributed by atoms with Crippen molar-refractivity contribution < 1.29 is 4.42 Å². The second-order valence-electron chi connectivity index (χ2n) is 5.93. The van der Waals surface area contributed by atoms with Crippen LogP contribution in [0.3, 0.4) is 0 Å². The number of anilines is 1. The first-order valence-corrected chi connectivity index (χ1v) is 7.56. The van der Waals surface area contributed by atoms with Crippen LogP contribution in [0.2, 0.25) is 0 Å². The molecular weight excluding hydrogens is 278 g/mol. The molecule has 22 heavy (non-hydrogen) atoms. The van der Waals surface area contributed by atoms with Gasteiger partial charge in [0.05, 0.1) is 11.6 Å². The molecule has 3 rings (SSSR count). The number of hydrogen-bond acceptors (Lipinski definition) is 6. The third-order valence-corrected chi connectivity index (χ3v) is 4.01. The van der Waals surface area contributed by atoms with Gasteiger partial charge < -0.3 is 9.73 Å². The largest absolute Gasteiger partial charge is 0.426 e. The van der Waals surface area contributed by atoms with Crippen molar-refractivity contribution in [1.29, 1.82) is 5.26 Å². The normalized spacial score (nSPS) is 20.8. The minimum absolute atomic E-state index is 0.384. The number of hydrogen-bond donors (Lipinski definition) is 1. The molecule has 114 valence electrons. The van der Waals surface area contributed by atoms with Gasteiger partial charge >= 0.3 is 0 Å². The summed E-state index contributed by atoms with van der Waals surface area (Å²) >= 11 is 0. The minimum Gasteiger partial charge on any atom is -0.426 e. The predicted molar refractivity (Wildman–Crippen MR) is 81.2 cm³/mol. The molecule has 6 heteroatoms. The lowest BCUT2D eigenvalue weighted by Crippen LogP contribution is -2.17. The topological polar surface area (TPSA) is 87.6 Å². The van der Waals surface area contributed by atoms with E-state index in [1.54, 1.807) is 6.07 Å². The zero-order valence-electron chi connectivity index (χ0n) is 12.8. The molecule has 0 radical (unpaired) electrons. The second kappa shape index (κ2) is 6.14. The van der Waals surface area contributed by atoms with E-state index in [0.29, 0.717) is 23.4 Å². The maximum Gasteiger partial charge on any atom is 0.216 e. The number of aromatic nitrogens is 3. The van der Waals surface area contributed by atoms with E-state index in [4.69, 9.17) is 9.68 Å². The first-order chi connectivity index (χ1) is 10.6. The molecule has 1 saturated carbocycles. The lowest BCUT2D eigenvalue weighted by Gasteiger charge is -2.14. The van der Waals surface area contributed by atoms with Crippen LogP contribution in [0.25, 0.3) is 0 Å².